The van der Waals surface area contributed by atoms with Gasteiger partial charge in [0.05, 0.1) is 6.54 Å². The second kappa shape index (κ2) is 5.42. The highest BCUT2D eigenvalue weighted by molar-refractivity contribution is 6.20. The van der Waals surface area contributed by atoms with Gasteiger partial charge in [-0.1, -0.05) is 0 Å². The van der Waals surface area contributed by atoms with Crippen molar-refractivity contribution in [3.8, 4) is 0 Å². The van der Waals surface area contributed by atoms with Crippen LogP contribution in [0.4, 0.5) is 0 Å². The van der Waals surface area contributed by atoms with Crippen LogP contribution in [0.1, 0.15) is 25.1 Å². The summed E-state index contributed by atoms with van der Waals surface area (Å²) in [5.74, 6) is 1.59. The lowest BCUT2D eigenvalue weighted by Gasteiger charge is -2.09. The monoisotopic (exact) mass is 225 g/mol. The van der Waals surface area contributed by atoms with Gasteiger partial charge in [-0.05, 0) is 37.8 Å². The van der Waals surface area contributed by atoms with Crippen LogP contribution in [0.15, 0.2) is 18.5 Å². The Morgan fingerprint density at radius 2 is 2.13 bits per heavy atom. The molecule has 0 amide bonds. The van der Waals surface area contributed by atoms with E-state index in [1.807, 2.05) is 6.07 Å². The van der Waals surface area contributed by atoms with Crippen LogP contribution in [0.2, 0.25) is 0 Å². The Balaban J connectivity index is 1.67. The first-order chi connectivity index (χ1) is 7.34. The fourth-order valence-electron chi connectivity index (χ4n) is 2.01. The number of nitrogens with zero attached hydrogens (tertiary/aromatic N) is 2. The number of aromatic nitrogens is 2. The Bertz CT molecular complexity index is 291. The molecule has 0 radical (unpaired) electrons. The van der Waals surface area contributed by atoms with Gasteiger partial charge in [-0.25, -0.2) is 9.97 Å². The lowest BCUT2D eigenvalue weighted by molar-refractivity contribution is 0.484. The highest BCUT2D eigenvalue weighted by atomic mass is 35.5. The third-order valence-corrected chi connectivity index (χ3v) is 3.21. The van der Waals surface area contributed by atoms with Crippen molar-refractivity contribution in [3.05, 3.63) is 24.3 Å². The molecule has 4 heteroatoms. The first kappa shape index (κ1) is 10.8. The van der Waals surface area contributed by atoms with Gasteiger partial charge in [-0.3, -0.25) is 0 Å². The Hall–Kier alpha value is -0.670. The number of hydrogen-bond acceptors (Lipinski definition) is 3. The third kappa shape index (κ3) is 3.43. The largest absolute Gasteiger partial charge is 0.310 e. The van der Waals surface area contributed by atoms with E-state index in [0.29, 0.717) is 5.38 Å². The summed E-state index contributed by atoms with van der Waals surface area (Å²) in [6.07, 6.45) is 7.10. The Morgan fingerprint density at radius 3 is 2.80 bits per heavy atom. The molecule has 0 aromatic carbocycles. The first-order valence-corrected chi connectivity index (χ1v) is 5.89. The molecule has 2 unspecified atom stereocenters. The smallest absolute Gasteiger partial charge is 0.141 e. The van der Waals surface area contributed by atoms with Crippen molar-refractivity contribution in [2.24, 2.45) is 5.92 Å². The van der Waals surface area contributed by atoms with E-state index in [-0.39, 0.29) is 0 Å². The Morgan fingerprint density at radius 1 is 1.33 bits per heavy atom. The summed E-state index contributed by atoms with van der Waals surface area (Å²) < 4.78 is 0. The average molecular weight is 226 g/mol. The molecule has 1 N–H and O–H groups in total. The number of hydrogen-bond donors (Lipinski definition) is 1. The highest BCUT2D eigenvalue weighted by Gasteiger charge is 2.22. The summed E-state index contributed by atoms with van der Waals surface area (Å²) in [7, 11) is 0. The normalized spacial score (nSPS) is 25.7. The molecule has 1 saturated carbocycles. The van der Waals surface area contributed by atoms with E-state index in [0.717, 1.165) is 37.7 Å². The molecular formula is C11H16ClN3. The fraction of sp³-hybridized carbons (Fsp3) is 0.636. The van der Waals surface area contributed by atoms with Crippen molar-refractivity contribution in [3.63, 3.8) is 0 Å². The molecule has 82 valence electrons. The van der Waals surface area contributed by atoms with Crippen molar-refractivity contribution in [2.75, 3.05) is 6.54 Å². The van der Waals surface area contributed by atoms with E-state index in [1.165, 1.54) is 6.42 Å². The SMILES string of the molecule is ClC1CCC(CNCc2ncccn2)C1. The maximum absolute atomic E-state index is 6.05. The van der Waals surface area contributed by atoms with Crippen LogP contribution < -0.4 is 5.32 Å². The standard InChI is InChI=1S/C11H16ClN3/c12-10-3-2-9(6-10)7-13-8-11-14-4-1-5-15-11/h1,4-5,9-10,13H,2-3,6-8H2. The fourth-order valence-corrected chi connectivity index (χ4v) is 2.39. The van der Waals surface area contributed by atoms with Gasteiger partial charge in [0.25, 0.3) is 0 Å². The molecule has 1 aliphatic carbocycles. The van der Waals surface area contributed by atoms with Crippen LogP contribution in [-0.2, 0) is 6.54 Å². The molecule has 0 aliphatic heterocycles. The number of alkyl halides is 1. The summed E-state index contributed by atoms with van der Waals surface area (Å²) in [6, 6.07) is 1.83. The summed E-state index contributed by atoms with van der Waals surface area (Å²) in [6.45, 7) is 1.78. The molecule has 1 aromatic heterocycles. The van der Waals surface area contributed by atoms with Gasteiger partial charge >= 0.3 is 0 Å². The van der Waals surface area contributed by atoms with Gasteiger partial charge in [0.1, 0.15) is 5.82 Å². The van der Waals surface area contributed by atoms with Crippen molar-refractivity contribution in [2.45, 2.75) is 31.2 Å². The van der Waals surface area contributed by atoms with E-state index in [2.05, 4.69) is 15.3 Å². The van der Waals surface area contributed by atoms with Crippen molar-refractivity contribution >= 4 is 11.6 Å². The quantitative estimate of drug-likeness (QED) is 0.797. The molecule has 2 rings (SSSR count). The molecule has 0 saturated heterocycles. The van der Waals surface area contributed by atoms with Crippen LogP contribution in [0.3, 0.4) is 0 Å². The maximum atomic E-state index is 6.05. The van der Waals surface area contributed by atoms with Crippen LogP contribution >= 0.6 is 11.6 Å². The average Bonchev–Trinajstić information content (AvgIpc) is 2.66. The van der Waals surface area contributed by atoms with Crippen molar-refractivity contribution < 1.29 is 0 Å². The Labute approximate surface area is 95.3 Å². The molecule has 1 aromatic rings. The highest BCUT2D eigenvalue weighted by Crippen LogP contribution is 2.28. The molecular weight excluding hydrogens is 210 g/mol. The Kier molecular flexibility index (Phi) is 3.92. The zero-order valence-corrected chi connectivity index (χ0v) is 9.45. The van der Waals surface area contributed by atoms with E-state index >= 15 is 0 Å². The topological polar surface area (TPSA) is 37.8 Å². The van der Waals surface area contributed by atoms with Crippen molar-refractivity contribution in [1.29, 1.82) is 0 Å². The van der Waals surface area contributed by atoms with E-state index in [9.17, 15) is 0 Å². The van der Waals surface area contributed by atoms with Crippen molar-refractivity contribution in [1.82, 2.24) is 15.3 Å². The summed E-state index contributed by atoms with van der Waals surface area (Å²) >= 11 is 6.05. The minimum Gasteiger partial charge on any atom is -0.310 e. The van der Waals surface area contributed by atoms with Gasteiger partial charge in [0, 0.05) is 17.8 Å². The molecule has 0 spiro atoms. The van der Waals surface area contributed by atoms with Gasteiger partial charge in [0.2, 0.25) is 0 Å². The number of halogens is 1. The number of nitrogens with one attached hydrogen (secondary N) is 1. The molecule has 2 atom stereocenters. The predicted octanol–water partition coefficient (Wildman–Crippen LogP) is 1.97. The van der Waals surface area contributed by atoms with E-state index in [4.69, 9.17) is 11.6 Å². The lowest BCUT2D eigenvalue weighted by Crippen LogP contribution is -2.22. The third-order valence-electron chi connectivity index (χ3n) is 2.81. The summed E-state index contributed by atoms with van der Waals surface area (Å²) in [5, 5.41) is 3.77. The van der Waals surface area contributed by atoms with Gasteiger partial charge < -0.3 is 5.32 Å². The van der Waals surface area contributed by atoms with Crippen LogP contribution in [0, 0.1) is 5.92 Å². The second-order valence-electron chi connectivity index (χ2n) is 4.07. The molecule has 1 fully saturated rings. The van der Waals surface area contributed by atoms with Crippen LogP contribution in [0.5, 0.6) is 0 Å². The molecule has 1 aliphatic rings. The van der Waals surface area contributed by atoms with E-state index < -0.39 is 0 Å². The summed E-state index contributed by atoms with van der Waals surface area (Å²) in [4.78, 5) is 8.32. The zero-order chi connectivity index (χ0) is 10.5. The molecule has 3 nitrogen and oxygen atoms in total. The minimum absolute atomic E-state index is 0.393. The first-order valence-electron chi connectivity index (χ1n) is 5.45. The molecule has 1 heterocycles. The molecule has 15 heavy (non-hydrogen) atoms. The van der Waals surface area contributed by atoms with Gasteiger partial charge in [-0.2, -0.15) is 0 Å². The predicted molar refractivity (Wildman–Crippen MR) is 60.7 cm³/mol. The van der Waals surface area contributed by atoms with E-state index in [1.54, 1.807) is 12.4 Å². The number of rotatable bonds is 4. The van der Waals surface area contributed by atoms with Gasteiger partial charge in [-0.15, -0.1) is 11.6 Å². The lowest BCUT2D eigenvalue weighted by atomic mass is 10.1. The summed E-state index contributed by atoms with van der Waals surface area (Å²) in [5.41, 5.74) is 0. The minimum atomic E-state index is 0.393. The molecule has 0 bridgehead atoms. The van der Waals surface area contributed by atoms with Gasteiger partial charge in [0.15, 0.2) is 0 Å². The van der Waals surface area contributed by atoms with Crippen LogP contribution in [0.25, 0.3) is 0 Å². The zero-order valence-electron chi connectivity index (χ0n) is 8.69. The maximum Gasteiger partial charge on any atom is 0.141 e. The second-order valence-corrected chi connectivity index (χ2v) is 4.69. The van der Waals surface area contributed by atoms with Crippen LogP contribution in [-0.4, -0.2) is 21.9 Å².